The molecule has 1 aromatic heterocycles. The van der Waals surface area contributed by atoms with E-state index in [1.165, 1.54) is 16.8 Å². The summed E-state index contributed by atoms with van der Waals surface area (Å²) in [6, 6.07) is 1.29. The van der Waals surface area contributed by atoms with Crippen molar-refractivity contribution in [3.63, 3.8) is 0 Å². The molecule has 0 saturated heterocycles. The number of hydrogen-bond acceptors (Lipinski definition) is 4. The quantitative estimate of drug-likeness (QED) is 0.388. The molecule has 4 N–H and O–H groups in total. The van der Waals surface area contributed by atoms with Gasteiger partial charge >= 0.3 is 0 Å². The fourth-order valence-corrected chi connectivity index (χ4v) is 2.66. The minimum atomic E-state index is -3.59. The molecule has 1 aromatic rings. The van der Waals surface area contributed by atoms with Gasteiger partial charge in [-0.05, 0) is 18.4 Å². The Hall–Kier alpha value is -1.38. The Kier molecular flexibility index (Phi) is 5.10. The molecule has 8 heteroatoms. The van der Waals surface area contributed by atoms with Crippen LogP contribution in [-0.2, 0) is 17.1 Å². The van der Waals surface area contributed by atoms with Crippen molar-refractivity contribution in [2.75, 3.05) is 6.54 Å². The van der Waals surface area contributed by atoms with Crippen molar-refractivity contribution in [2.45, 2.75) is 25.2 Å². The molecule has 0 aliphatic rings. The molecule has 0 bridgehead atoms. The van der Waals surface area contributed by atoms with E-state index < -0.39 is 15.9 Å². The first kappa shape index (κ1) is 15.7. The van der Waals surface area contributed by atoms with E-state index in [0.717, 1.165) is 6.42 Å². The second-order valence-corrected chi connectivity index (χ2v) is 6.49. The highest BCUT2D eigenvalue weighted by atomic mass is 32.2. The number of nitrogen functional groups attached to an aromatic ring is 1. The van der Waals surface area contributed by atoms with Gasteiger partial charge in [-0.1, -0.05) is 13.8 Å². The van der Waals surface area contributed by atoms with Crippen LogP contribution >= 0.6 is 0 Å². The van der Waals surface area contributed by atoms with E-state index >= 15 is 0 Å². The van der Waals surface area contributed by atoms with Crippen LogP contribution in [0.15, 0.2) is 17.2 Å². The van der Waals surface area contributed by atoms with Crippen LogP contribution in [0, 0.1) is 5.92 Å². The zero-order valence-electron chi connectivity index (χ0n) is 11.3. The summed E-state index contributed by atoms with van der Waals surface area (Å²) >= 11 is 0. The molecule has 0 aliphatic carbocycles. The average molecular weight is 288 g/mol. The monoisotopic (exact) mass is 288 g/mol. The Morgan fingerprint density at radius 1 is 1.47 bits per heavy atom. The summed E-state index contributed by atoms with van der Waals surface area (Å²) in [5.74, 6) is 4.90. The van der Waals surface area contributed by atoms with E-state index in [1.54, 1.807) is 7.05 Å². The van der Waals surface area contributed by atoms with Crippen molar-refractivity contribution in [1.82, 2.24) is 14.7 Å². The third-order valence-corrected chi connectivity index (χ3v) is 4.10. The third-order valence-electron chi connectivity index (χ3n) is 2.67. The Balaban J connectivity index is 2.87. The number of hydrogen-bond donors (Lipinski definition) is 3. The lowest BCUT2D eigenvalue weighted by molar-refractivity contribution is 0.0945. The van der Waals surface area contributed by atoms with Crippen LogP contribution in [0.4, 0.5) is 0 Å². The van der Waals surface area contributed by atoms with Crippen molar-refractivity contribution < 1.29 is 13.2 Å². The van der Waals surface area contributed by atoms with E-state index in [9.17, 15) is 13.2 Å². The van der Waals surface area contributed by atoms with Gasteiger partial charge in [-0.15, -0.1) is 0 Å². The normalized spacial score (nSPS) is 11.8. The maximum atomic E-state index is 12.0. The molecule has 108 valence electrons. The second kappa shape index (κ2) is 6.18. The largest absolute Gasteiger partial charge is 0.345 e. The summed E-state index contributed by atoms with van der Waals surface area (Å²) in [4.78, 5) is 11.5. The van der Waals surface area contributed by atoms with Crippen molar-refractivity contribution in [3.05, 3.63) is 18.0 Å². The van der Waals surface area contributed by atoms with Gasteiger partial charge in [0.25, 0.3) is 5.91 Å². The SMILES string of the molecule is CC(C)CCNS(=O)(=O)c1cc(C(=O)NN)n(C)c1. The number of carbonyl (C=O) groups is 1. The number of hydrazine groups is 1. The topological polar surface area (TPSA) is 106 Å². The Morgan fingerprint density at radius 2 is 2.11 bits per heavy atom. The molecule has 1 heterocycles. The first-order chi connectivity index (χ1) is 8.77. The molecular formula is C11H20N4O3S. The summed E-state index contributed by atoms with van der Waals surface area (Å²) in [5.41, 5.74) is 2.16. The van der Waals surface area contributed by atoms with Gasteiger partial charge in [-0.25, -0.2) is 19.0 Å². The van der Waals surface area contributed by atoms with E-state index in [0.29, 0.717) is 12.5 Å². The van der Waals surface area contributed by atoms with Crippen molar-refractivity contribution in [3.8, 4) is 0 Å². The smallest absolute Gasteiger partial charge is 0.281 e. The molecule has 19 heavy (non-hydrogen) atoms. The van der Waals surface area contributed by atoms with Crippen LogP contribution in [0.25, 0.3) is 0 Å². The highest BCUT2D eigenvalue weighted by molar-refractivity contribution is 7.89. The first-order valence-corrected chi connectivity index (χ1v) is 7.43. The molecule has 0 spiro atoms. The molecule has 0 aromatic carbocycles. The van der Waals surface area contributed by atoms with Gasteiger partial charge in [0.15, 0.2) is 0 Å². The number of aromatic nitrogens is 1. The highest BCUT2D eigenvalue weighted by Crippen LogP contribution is 2.13. The van der Waals surface area contributed by atoms with Crippen molar-refractivity contribution >= 4 is 15.9 Å². The van der Waals surface area contributed by atoms with Gasteiger partial charge in [0.05, 0.1) is 0 Å². The molecule has 0 fully saturated rings. The fourth-order valence-electron chi connectivity index (χ4n) is 1.55. The number of aryl methyl sites for hydroxylation is 1. The molecule has 0 unspecified atom stereocenters. The first-order valence-electron chi connectivity index (χ1n) is 5.95. The fraction of sp³-hybridized carbons (Fsp3) is 0.545. The molecule has 0 saturated carbocycles. The van der Waals surface area contributed by atoms with Crippen LogP contribution in [-0.4, -0.2) is 25.4 Å². The van der Waals surface area contributed by atoms with Crippen LogP contribution in [0.1, 0.15) is 30.8 Å². The van der Waals surface area contributed by atoms with Crippen LogP contribution in [0.5, 0.6) is 0 Å². The lowest BCUT2D eigenvalue weighted by Crippen LogP contribution is -2.31. The Bertz CT molecular complexity index is 548. The van der Waals surface area contributed by atoms with Crippen LogP contribution in [0.3, 0.4) is 0 Å². The van der Waals surface area contributed by atoms with Crippen molar-refractivity contribution in [1.29, 1.82) is 0 Å². The minimum Gasteiger partial charge on any atom is -0.345 e. The molecule has 1 rings (SSSR count). The molecule has 0 radical (unpaired) electrons. The standard InChI is InChI=1S/C11H20N4O3S/c1-8(2)4-5-13-19(17,18)9-6-10(11(16)14-12)15(3)7-9/h6-8,13H,4-5,12H2,1-3H3,(H,14,16). The molecule has 1 amide bonds. The van der Waals surface area contributed by atoms with Gasteiger partial charge in [0.1, 0.15) is 10.6 Å². The zero-order chi connectivity index (χ0) is 14.6. The molecule has 0 aliphatic heterocycles. The van der Waals surface area contributed by atoms with E-state index in [2.05, 4.69) is 4.72 Å². The van der Waals surface area contributed by atoms with Gasteiger partial charge in [0.2, 0.25) is 10.0 Å². The Morgan fingerprint density at radius 3 is 2.63 bits per heavy atom. The molecule has 0 atom stereocenters. The highest BCUT2D eigenvalue weighted by Gasteiger charge is 2.19. The minimum absolute atomic E-state index is 0.0531. The molecule has 7 nitrogen and oxygen atoms in total. The number of nitrogens with two attached hydrogens (primary N) is 1. The van der Waals surface area contributed by atoms with E-state index in [-0.39, 0.29) is 10.6 Å². The number of carbonyl (C=O) groups excluding carboxylic acids is 1. The van der Waals surface area contributed by atoms with Gasteiger partial charge in [-0.3, -0.25) is 10.2 Å². The van der Waals surface area contributed by atoms with Crippen LogP contribution in [0.2, 0.25) is 0 Å². The van der Waals surface area contributed by atoms with E-state index in [4.69, 9.17) is 5.84 Å². The maximum Gasteiger partial charge on any atom is 0.281 e. The zero-order valence-corrected chi connectivity index (χ0v) is 12.1. The number of rotatable bonds is 6. The third kappa shape index (κ3) is 4.05. The van der Waals surface area contributed by atoms with Crippen molar-refractivity contribution in [2.24, 2.45) is 18.8 Å². The summed E-state index contributed by atoms with van der Waals surface area (Å²) in [6.45, 7) is 4.40. The predicted octanol–water partition coefficient (Wildman–Crippen LogP) is -0.0470. The predicted molar refractivity (Wildman–Crippen MR) is 71.7 cm³/mol. The number of nitrogens with zero attached hydrogens (tertiary/aromatic N) is 1. The average Bonchev–Trinajstić information content (AvgIpc) is 2.70. The van der Waals surface area contributed by atoms with Crippen LogP contribution < -0.4 is 16.0 Å². The summed E-state index contributed by atoms with van der Waals surface area (Å²) in [5, 5.41) is 0. The van der Waals surface area contributed by atoms with Gasteiger partial charge < -0.3 is 4.57 Å². The number of sulfonamides is 1. The lowest BCUT2D eigenvalue weighted by atomic mass is 10.1. The Labute approximate surface area is 113 Å². The second-order valence-electron chi connectivity index (χ2n) is 4.73. The van der Waals surface area contributed by atoms with Gasteiger partial charge in [0, 0.05) is 19.8 Å². The summed E-state index contributed by atoms with van der Waals surface area (Å²) in [6.07, 6.45) is 2.13. The molecular weight excluding hydrogens is 268 g/mol. The maximum absolute atomic E-state index is 12.0. The van der Waals surface area contributed by atoms with E-state index in [1.807, 2.05) is 19.3 Å². The summed E-state index contributed by atoms with van der Waals surface area (Å²) in [7, 11) is -2.01. The lowest BCUT2D eigenvalue weighted by Gasteiger charge is -2.06. The number of nitrogens with one attached hydrogen (secondary N) is 2. The number of amides is 1. The van der Waals surface area contributed by atoms with Gasteiger partial charge in [-0.2, -0.15) is 0 Å². The summed E-state index contributed by atoms with van der Waals surface area (Å²) < 4.78 is 27.9.